The van der Waals surface area contributed by atoms with Crippen molar-refractivity contribution in [1.29, 1.82) is 0 Å². The summed E-state index contributed by atoms with van der Waals surface area (Å²) >= 11 is 0. The Morgan fingerprint density at radius 1 is 0.925 bits per heavy atom. The van der Waals surface area contributed by atoms with E-state index in [0.29, 0.717) is 38.0 Å². The molecule has 2 saturated heterocycles. The Bertz CT molecular complexity index is 1460. The molecule has 53 heavy (non-hydrogen) atoms. The second-order valence-corrected chi connectivity index (χ2v) is 17.3. The van der Waals surface area contributed by atoms with Crippen molar-refractivity contribution in [3.05, 3.63) is 11.6 Å². The smallest absolute Gasteiger partial charge is 0.189 e. The number of aliphatic hydroxyl groups excluding tert-OH is 8. The Labute approximate surface area is 309 Å². The first-order chi connectivity index (χ1) is 25.1. The molecule has 3 aliphatic heterocycles. The number of ether oxygens (including phenoxy) is 4. The lowest BCUT2D eigenvalue weighted by atomic mass is 9.45. The summed E-state index contributed by atoms with van der Waals surface area (Å²) in [5.41, 5.74) is -0.367. The van der Waals surface area contributed by atoms with Crippen LogP contribution in [-0.4, -0.2) is 145 Å². The normalized spacial score (nSPS) is 51.2. The predicted molar refractivity (Wildman–Crippen MR) is 184 cm³/mol. The molecule has 3 saturated carbocycles. The zero-order valence-corrected chi connectivity index (χ0v) is 30.6. The van der Waals surface area contributed by atoms with E-state index in [1.165, 1.54) is 5.57 Å². The lowest BCUT2D eigenvalue weighted by Gasteiger charge is -2.60. The van der Waals surface area contributed by atoms with Gasteiger partial charge in [0.1, 0.15) is 54.0 Å². The summed E-state index contributed by atoms with van der Waals surface area (Å²) in [6, 6.07) is 0. The highest BCUT2D eigenvalue weighted by molar-refractivity contribution is 6.11. The van der Waals surface area contributed by atoms with Gasteiger partial charge < -0.3 is 59.8 Å². The van der Waals surface area contributed by atoms with Gasteiger partial charge in [-0.05, 0) is 74.0 Å². The molecule has 19 atom stereocenters. The molecule has 7 rings (SSSR count). The summed E-state index contributed by atoms with van der Waals surface area (Å²) in [7, 11) is 0. The van der Waals surface area contributed by atoms with Crippen LogP contribution in [0.2, 0.25) is 0 Å². The van der Waals surface area contributed by atoms with Crippen molar-refractivity contribution in [3.8, 4) is 0 Å². The predicted octanol–water partition coefficient (Wildman–Crippen LogP) is -0.488. The van der Waals surface area contributed by atoms with Crippen molar-refractivity contribution in [2.24, 2.45) is 45.4 Å². The van der Waals surface area contributed by atoms with Gasteiger partial charge in [0, 0.05) is 31.1 Å². The Morgan fingerprint density at radius 2 is 1.68 bits per heavy atom. The minimum absolute atomic E-state index is 0.0161. The fourth-order valence-corrected chi connectivity index (χ4v) is 11.2. The average Bonchev–Trinajstić information content (AvgIpc) is 3.38. The van der Waals surface area contributed by atoms with Crippen LogP contribution in [0.1, 0.15) is 78.6 Å². The number of Topliss-reactive ketones (excluding diaryl/α,β-unsaturated/α-hetero) is 2. The third-order valence-corrected chi connectivity index (χ3v) is 14.6. The maximum atomic E-state index is 14.0. The fourth-order valence-electron chi connectivity index (χ4n) is 11.2. The number of nitrogens with zero attached hydrogens (tertiary/aromatic N) is 1. The first kappa shape index (κ1) is 39.5. The minimum atomic E-state index is -1.89. The van der Waals surface area contributed by atoms with Gasteiger partial charge in [0.2, 0.25) is 0 Å². The summed E-state index contributed by atoms with van der Waals surface area (Å²) in [5, 5.41) is 81.6. The van der Waals surface area contributed by atoms with Crippen molar-refractivity contribution in [2.45, 2.75) is 152 Å². The molecule has 0 aromatic carbocycles. The number of hydrogen-bond acceptors (Lipinski definition) is 15. The van der Waals surface area contributed by atoms with Gasteiger partial charge in [-0.25, -0.2) is 0 Å². The second-order valence-electron chi connectivity index (χ2n) is 17.3. The highest BCUT2D eigenvalue weighted by atomic mass is 16.8. The molecule has 0 radical (unpaired) electrons. The van der Waals surface area contributed by atoms with Gasteiger partial charge in [-0.1, -0.05) is 32.4 Å². The van der Waals surface area contributed by atoms with Gasteiger partial charge in [0.15, 0.2) is 24.7 Å². The summed E-state index contributed by atoms with van der Waals surface area (Å²) in [6.07, 6.45) is -7.09. The molecular weight excluding hydrogens is 694 g/mol. The van der Waals surface area contributed by atoms with Crippen molar-refractivity contribution in [3.63, 3.8) is 0 Å². The molecule has 15 nitrogen and oxygen atoms in total. The quantitative estimate of drug-likeness (QED) is 0.131. The van der Waals surface area contributed by atoms with E-state index in [-0.39, 0.29) is 41.3 Å². The number of rotatable bonds is 10. The SMILES string of the molecule is CC(CO)CCC(=O)C1C=NC12C(=O)CC1C3CC=C4CC(OC5OC(CO)C(O)C(O)C5OC5OC(O)C(O)C(O)C5O)CCC4(C)C3CCC12C. The van der Waals surface area contributed by atoms with E-state index in [9.17, 15) is 50.4 Å². The molecule has 0 amide bonds. The number of aliphatic hydroxyl groups is 8. The summed E-state index contributed by atoms with van der Waals surface area (Å²) < 4.78 is 23.2. The lowest BCUT2D eigenvalue weighted by molar-refractivity contribution is -0.388. The minimum Gasteiger partial charge on any atom is -0.396 e. The van der Waals surface area contributed by atoms with E-state index in [0.717, 1.165) is 25.7 Å². The number of carbonyl (C=O) groups excluding carboxylic acids is 2. The number of hydrogen-bond donors (Lipinski definition) is 8. The highest BCUT2D eigenvalue weighted by Gasteiger charge is 2.73. The van der Waals surface area contributed by atoms with Crippen LogP contribution in [0.5, 0.6) is 0 Å². The van der Waals surface area contributed by atoms with E-state index in [1.807, 2.05) is 6.92 Å². The van der Waals surface area contributed by atoms with Gasteiger partial charge in [0.25, 0.3) is 0 Å². The maximum Gasteiger partial charge on any atom is 0.189 e. The molecule has 298 valence electrons. The summed E-state index contributed by atoms with van der Waals surface area (Å²) in [5.74, 6) is 0.256. The van der Waals surface area contributed by atoms with Crippen LogP contribution < -0.4 is 0 Å². The monoisotopic (exact) mass is 751 g/mol. The van der Waals surface area contributed by atoms with Gasteiger partial charge in [-0.3, -0.25) is 14.6 Å². The van der Waals surface area contributed by atoms with Gasteiger partial charge >= 0.3 is 0 Å². The van der Waals surface area contributed by atoms with Crippen LogP contribution in [0.25, 0.3) is 0 Å². The number of carbonyl (C=O) groups is 2. The Balaban J connectivity index is 1.06. The second kappa shape index (κ2) is 14.6. The molecular formula is C38H57NO14. The van der Waals surface area contributed by atoms with Crippen molar-refractivity contribution < 1.29 is 69.4 Å². The molecule has 0 bridgehead atoms. The van der Waals surface area contributed by atoms with Crippen LogP contribution in [0.3, 0.4) is 0 Å². The number of ketones is 2. The van der Waals surface area contributed by atoms with E-state index in [4.69, 9.17) is 23.9 Å². The van der Waals surface area contributed by atoms with Crippen molar-refractivity contribution >= 4 is 17.8 Å². The Morgan fingerprint density at radius 3 is 2.36 bits per heavy atom. The zero-order valence-electron chi connectivity index (χ0n) is 30.6. The topological polar surface area (TPSA) is 245 Å². The molecule has 7 aliphatic rings. The molecule has 4 aliphatic carbocycles. The van der Waals surface area contributed by atoms with Crippen LogP contribution in [-0.2, 0) is 28.5 Å². The third-order valence-electron chi connectivity index (χ3n) is 14.6. The number of allylic oxidation sites excluding steroid dienone is 1. The molecule has 1 spiro atoms. The number of fused-ring (bicyclic) bond motifs is 6. The summed E-state index contributed by atoms with van der Waals surface area (Å²) in [4.78, 5) is 32.2. The van der Waals surface area contributed by atoms with Crippen LogP contribution in [0, 0.1) is 40.4 Å². The molecule has 0 aromatic heterocycles. The maximum absolute atomic E-state index is 14.0. The summed E-state index contributed by atoms with van der Waals surface area (Å²) in [6.45, 7) is 5.76. The first-order valence-electron chi connectivity index (χ1n) is 19.3. The van der Waals surface area contributed by atoms with E-state index in [2.05, 4.69) is 19.9 Å². The van der Waals surface area contributed by atoms with Gasteiger partial charge in [-0.15, -0.1) is 0 Å². The van der Waals surface area contributed by atoms with E-state index >= 15 is 0 Å². The fraction of sp³-hybridized carbons (Fsp3) is 0.868. The largest absolute Gasteiger partial charge is 0.396 e. The molecule has 5 fully saturated rings. The van der Waals surface area contributed by atoms with E-state index < -0.39 is 91.2 Å². The molecule has 15 heteroatoms. The Hall–Kier alpha value is -1.73. The highest BCUT2D eigenvalue weighted by Crippen LogP contribution is 2.69. The van der Waals surface area contributed by atoms with Crippen LogP contribution in [0.4, 0.5) is 0 Å². The molecule has 8 N–H and O–H groups in total. The lowest BCUT2D eigenvalue weighted by Crippen LogP contribution is -2.64. The van der Waals surface area contributed by atoms with Crippen LogP contribution >= 0.6 is 0 Å². The first-order valence-corrected chi connectivity index (χ1v) is 19.3. The van der Waals surface area contributed by atoms with Crippen molar-refractivity contribution in [2.75, 3.05) is 13.2 Å². The molecule has 3 heterocycles. The van der Waals surface area contributed by atoms with Gasteiger partial charge in [-0.2, -0.15) is 0 Å². The number of aliphatic imine (C=N–C) groups is 1. The third kappa shape index (κ3) is 6.22. The van der Waals surface area contributed by atoms with E-state index in [1.54, 1.807) is 6.21 Å². The van der Waals surface area contributed by atoms with Gasteiger partial charge in [0.05, 0.1) is 18.6 Å². The Kier molecular flexibility index (Phi) is 10.9. The zero-order chi connectivity index (χ0) is 38.2. The van der Waals surface area contributed by atoms with Crippen molar-refractivity contribution in [1.82, 2.24) is 0 Å². The molecule has 19 unspecified atom stereocenters. The van der Waals surface area contributed by atoms with Crippen LogP contribution in [0.15, 0.2) is 16.6 Å². The average molecular weight is 752 g/mol. The standard InChI is InChI=1S/C38H57NO14/c1-17(15-40)4-7-24(42)23-14-39-38(23)26(43)13-22-20-6-5-18-12-19(8-10-36(18,2)21(20)9-11-37(22,38)3)50-35-32(29(46)27(44)25(16-41)51-35)52-34-31(48)28(45)30(47)33(49)53-34/h5,14,17,19-23,25,27-35,40-41,44-49H,4,6-13,15-16H2,1-3H3. The molecule has 0 aromatic rings.